The zero-order chi connectivity index (χ0) is 14.6. The highest BCUT2D eigenvalue weighted by Crippen LogP contribution is 2.25. The van der Waals surface area contributed by atoms with Crippen LogP contribution in [0.4, 0.5) is 5.69 Å². The van der Waals surface area contributed by atoms with Crippen LogP contribution in [0.2, 0.25) is 0 Å². The lowest BCUT2D eigenvalue weighted by Crippen LogP contribution is -2.23. The molecule has 1 aromatic carbocycles. The summed E-state index contributed by atoms with van der Waals surface area (Å²) < 4.78 is 32.4. The summed E-state index contributed by atoms with van der Waals surface area (Å²) in [5, 5.41) is 3.30. The molecule has 5 nitrogen and oxygen atoms in total. The second-order valence-corrected chi connectivity index (χ2v) is 7.64. The van der Waals surface area contributed by atoms with Gasteiger partial charge >= 0.3 is 0 Å². The van der Waals surface area contributed by atoms with Gasteiger partial charge in [-0.2, -0.15) is 0 Å². The molecule has 0 aromatic heterocycles. The highest BCUT2D eigenvalue weighted by molar-refractivity contribution is 9.10. The number of halogens is 1. The van der Waals surface area contributed by atoms with E-state index < -0.39 is 10.0 Å². The van der Waals surface area contributed by atoms with E-state index in [1.807, 2.05) is 0 Å². The Morgan fingerprint density at radius 2 is 2.10 bits per heavy atom. The summed E-state index contributed by atoms with van der Waals surface area (Å²) in [6.07, 6.45) is 3.03. The summed E-state index contributed by atoms with van der Waals surface area (Å²) in [6.45, 7) is 0.743. The average Bonchev–Trinajstić information content (AvgIpc) is 3.17. The summed E-state index contributed by atoms with van der Waals surface area (Å²) in [4.78, 5) is 0. The molecule has 1 fully saturated rings. The lowest BCUT2D eigenvalue weighted by Gasteiger charge is -2.10. The van der Waals surface area contributed by atoms with Gasteiger partial charge in [-0.15, -0.1) is 0 Å². The third-order valence-electron chi connectivity index (χ3n) is 2.98. The highest BCUT2D eigenvalue weighted by atomic mass is 79.9. The molecule has 1 aromatic rings. The summed E-state index contributed by atoms with van der Waals surface area (Å²) in [5.41, 5.74) is 0.506. The molecule has 1 aliphatic carbocycles. The zero-order valence-corrected chi connectivity index (χ0v) is 13.8. The lowest BCUT2D eigenvalue weighted by molar-refractivity contribution is 0.415. The minimum atomic E-state index is -3.32. The van der Waals surface area contributed by atoms with Crippen molar-refractivity contribution >= 4 is 31.6 Å². The molecule has 0 radical (unpaired) electrons. The number of anilines is 1. The molecule has 0 bridgehead atoms. The third kappa shape index (κ3) is 5.30. The maximum absolute atomic E-state index is 12.0. The summed E-state index contributed by atoms with van der Waals surface area (Å²) in [6, 6.07) is 5.75. The Balaban J connectivity index is 1.87. The molecule has 0 aliphatic heterocycles. The first-order valence-electron chi connectivity index (χ1n) is 6.57. The molecule has 0 atom stereocenters. The highest BCUT2D eigenvalue weighted by Gasteiger charge is 2.20. The summed E-state index contributed by atoms with van der Waals surface area (Å²) in [5.74, 6) is 0.717. The van der Waals surface area contributed by atoms with Crippen molar-refractivity contribution in [3.05, 3.63) is 22.7 Å². The van der Waals surface area contributed by atoms with Crippen LogP contribution in [0, 0.1) is 0 Å². The summed E-state index contributed by atoms with van der Waals surface area (Å²) in [7, 11) is -1.78. The van der Waals surface area contributed by atoms with E-state index in [-0.39, 0.29) is 5.75 Å². The molecule has 112 valence electrons. The van der Waals surface area contributed by atoms with Gasteiger partial charge in [-0.25, -0.2) is 8.42 Å². The van der Waals surface area contributed by atoms with Crippen molar-refractivity contribution in [3.8, 4) is 5.75 Å². The van der Waals surface area contributed by atoms with E-state index in [1.54, 1.807) is 25.3 Å². The molecule has 0 unspecified atom stereocenters. The van der Waals surface area contributed by atoms with Gasteiger partial charge in [-0.1, -0.05) is 15.9 Å². The monoisotopic (exact) mass is 362 g/mol. The molecule has 0 heterocycles. The molecule has 0 saturated heterocycles. The Labute approximate surface area is 128 Å². The van der Waals surface area contributed by atoms with Crippen LogP contribution in [-0.4, -0.2) is 33.9 Å². The van der Waals surface area contributed by atoms with E-state index >= 15 is 0 Å². The average molecular weight is 363 g/mol. The van der Waals surface area contributed by atoms with Crippen LogP contribution < -0.4 is 14.8 Å². The predicted octanol–water partition coefficient (Wildman–Crippen LogP) is 2.34. The Morgan fingerprint density at radius 3 is 2.75 bits per heavy atom. The smallest absolute Gasteiger partial charge is 0.232 e. The van der Waals surface area contributed by atoms with Gasteiger partial charge < -0.3 is 10.1 Å². The number of rotatable bonds is 8. The third-order valence-corrected chi connectivity index (χ3v) is 4.81. The van der Waals surface area contributed by atoms with Gasteiger partial charge in [-0.3, -0.25) is 4.72 Å². The summed E-state index contributed by atoms with van der Waals surface area (Å²) >= 11 is 3.32. The quantitative estimate of drug-likeness (QED) is 0.696. The fraction of sp³-hybridized carbons (Fsp3) is 0.538. The van der Waals surface area contributed by atoms with Crippen LogP contribution in [-0.2, 0) is 10.0 Å². The number of nitrogens with one attached hydrogen (secondary N) is 2. The van der Waals surface area contributed by atoms with Crippen molar-refractivity contribution < 1.29 is 13.2 Å². The van der Waals surface area contributed by atoms with Crippen molar-refractivity contribution in [2.75, 3.05) is 24.1 Å². The van der Waals surface area contributed by atoms with Crippen LogP contribution in [0.1, 0.15) is 19.3 Å². The fourth-order valence-corrected chi connectivity index (χ4v) is 3.40. The van der Waals surface area contributed by atoms with E-state index in [4.69, 9.17) is 4.74 Å². The van der Waals surface area contributed by atoms with Gasteiger partial charge in [0.25, 0.3) is 0 Å². The topological polar surface area (TPSA) is 67.4 Å². The minimum absolute atomic E-state index is 0.113. The second-order valence-electron chi connectivity index (χ2n) is 4.88. The second kappa shape index (κ2) is 6.78. The van der Waals surface area contributed by atoms with E-state index in [0.717, 1.165) is 11.0 Å². The normalized spacial score (nSPS) is 15.1. The number of sulfonamides is 1. The molecule has 0 spiro atoms. The minimum Gasteiger partial charge on any atom is -0.497 e. The van der Waals surface area contributed by atoms with Crippen molar-refractivity contribution in [2.45, 2.75) is 25.3 Å². The van der Waals surface area contributed by atoms with E-state index in [2.05, 4.69) is 26.0 Å². The van der Waals surface area contributed by atoms with Gasteiger partial charge in [0, 0.05) is 16.6 Å². The fourth-order valence-electron chi connectivity index (χ4n) is 1.83. The largest absolute Gasteiger partial charge is 0.497 e. The van der Waals surface area contributed by atoms with Gasteiger partial charge in [0.15, 0.2) is 0 Å². The van der Waals surface area contributed by atoms with E-state index in [0.29, 0.717) is 23.9 Å². The first-order valence-corrected chi connectivity index (χ1v) is 9.01. The molecule has 2 N–H and O–H groups in total. The van der Waals surface area contributed by atoms with E-state index in [1.165, 1.54) is 12.8 Å². The van der Waals surface area contributed by atoms with Crippen molar-refractivity contribution in [1.82, 2.24) is 5.32 Å². The molecular weight excluding hydrogens is 344 g/mol. The standard InChI is InChI=1S/C13H19BrN2O3S/c1-19-13-8-10(14)7-12(9-13)16-20(17,18)6-2-5-15-11-3-4-11/h7-9,11,15-16H,2-6H2,1H3. The van der Waals surface area contributed by atoms with Crippen molar-refractivity contribution in [3.63, 3.8) is 0 Å². The van der Waals surface area contributed by atoms with Crippen molar-refractivity contribution in [1.29, 1.82) is 0 Å². The number of hydrogen-bond donors (Lipinski definition) is 2. The van der Waals surface area contributed by atoms with Crippen LogP contribution >= 0.6 is 15.9 Å². The molecule has 2 rings (SSSR count). The van der Waals surface area contributed by atoms with Gasteiger partial charge in [0.2, 0.25) is 10.0 Å². The van der Waals surface area contributed by atoms with Gasteiger partial charge in [0.1, 0.15) is 5.75 Å². The molecule has 1 saturated carbocycles. The SMILES string of the molecule is COc1cc(Br)cc(NS(=O)(=O)CCCNC2CC2)c1. The first kappa shape index (κ1) is 15.6. The number of methoxy groups -OCH3 is 1. The van der Waals surface area contributed by atoms with Crippen LogP contribution in [0.3, 0.4) is 0 Å². The Kier molecular flexibility index (Phi) is 5.29. The molecule has 1 aliphatic rings. The Morgan fingerprint density at radius 1 is 1.35 bits per heavy atom. The first-order chi connectivity index (χ1) is 9.48. The molecule has 0 amide bonds. The molecular formula is C13H19BrN2O3S. The van der Waals surface area contributed by atoms with Crippen molar-refractivity contribution in [2.24, 2.45) is 0 Å². The van der Waals surface area contributed by atoms with Crippen LogP contribution in [0.15, 0.2) is 22.7 Å². The molecule has 7 heteroatoms. The Hall–Kier alpha value is -0.790. The van der Waals surface area contributed by atoms with Gasteiger partial charge in [-0.05, 0) is 37.9 Å². The number of ether oxygens (including phenoxy) is 1. The maximum atomic E-state index is 12.0. The number of benzene rings is 1. The lowest BCUT2D eigenvalue weighted by atomic mass is 10.3. The zero-order valence-electron chi connectivity index (χ0n) is 11.4. The maximum Gasteiger partial charge on any atom is 0.232 e. The molecule has 20 heavy (non-hydrogen) atoms. The van der Waals surface area contributed by atoms with Gasteiger partial charge in [0.05, 0.1) is 18.6 Å². The van der Waals surface area contributed by atoms with Crippen LogP contribution in [0.25, 0.3) is 0 Å². The van der Waals surface area contributed by atoms with E-state index in [9.17, 15) is 8.42 Å². The predicted molar refractivity (Wildman–Crippen MR) is 83.7 cm³/mol. The van der Waals surface area contributed by atoms with Crippen LogP contribution in [0.5, 0.6) is 5.75 Å². The number of hydrogen-bond acceptors (Lipinski definition) is 4. The Bertz CT molecular complexity index is 559.